The second-order valence-corrected chi connectivity index (χ2v) is 8.94. The van der Waals surface area contributed by atoms with Crippen LogP contribution in [0.5, 0.6) is 5.75 Å². The Morgan fingerprint density at radius 3 is 2.57 bits per heavy atom. The fraction of sp³-hybridized carbons (Fsp3) is 0.522. The molecule has 30 heavy (non-hydrogen) atoms. The average molecular weight is 412 g/mol. The van der Waals surface area contributed by atoms with Crippen molar-refractivity contribution in [3.8, 4) is 5.75 Å². The molecular weight excluding hydrogens is 382 g/mol. The van der Waals surface area contributed by atoms with Crippen molar-refractivity contribution >= 4 is 5.91 Å². The Labute approximate surface area is 176 Å². The van der Waals surface area contributed by atoms with Crippen LogP contribution in [0.3, 0.4) is 0 Å². The molecule has 1 aromatic carbocycles. The molecule has 1 aliphatic heterocycles. The summed E-state index contributed by atoms with van der Waals surface area (Å²) in [5.41, 5.74) is 2.20. The SMILES string of the molecule is Cc1cc(CO)cc(C2(Cc3nc(=O)c(O)c4n3C[C@H](C)N(C)C4=O)CCCC2)c1. The van der Waals surface area contributed by atoms with Crippen LogP contribution in [0.2, 0.25) is 0 Å². The summed E-state index contributed by atoms with van der Waals surface area (Å²) in [5, 5.41) is 20.0. The highest BCUT2D eigenvalue weighted by molar-refractivity contribution is 5.95. The number of benzene rings is 1. The molecule has 2 aliphatic rings. The molecule has 1 aromatic heterocycles. The maximum atomic E-state index is 12.8. The van der Waals surface area contributed by atoms with Crippen LogP contribution in [0.15, 0.2) is 23.0 Å². The first-order valence-corrected chi connectivity index (χ1v) is 10.6. The molecule has 1 aliphatic carbocycles. The van der Waals surface area contributed by atoms with E-state index in [1.807, 2.05) is 19.9 Å². The summed E-state index contributed by atoms with van der Waals surface area (Å²) in [4.78, 5) is 31.0. The van der Waals surface area contributed by atoms with Gasteiger partial charge in [0, 0.05) is 31.5 Å². The zero-order valence-corrected chi connectivity index (χ0v) is 17.8. The van der Waals surface area contributed by atoms with Gasteiger partial charge in [-0.2, -0.15) is 4.98 Å². The smallest absolute Gasteiger partial charge is 0.315 e. The zero-order chi connectivity index (χ0) is 21.6. The monoisotopic (exact) mass is 411 g/mol. The normalized spacial score (nSPS) is 20.5. The van der Waals surface area contributed by atoms with Gasteiger partial charge in [0.05, 0.1) is 6.61 Å². The Hall–Kier alpha value is -2.67. The maximum absolute atomic E-state index is 12.8. The molecule has 0 bridgehead atoms. The van der Waals surface area contributed by atoms with E-state index in [2.05, 4.69) is 17.1 Å². The Bertz CT molecular complexity index is 1050. The van der Waals surface area contributed by atoms with Crippen molar-refractivity contribution in [3.63, 3.8) is 0 Å². The summed E-state index contributed by atoms with van der Waals surface area (Å²) in [5.74, 6) is -0.373. The van der Waals surface area contributed by atoms with Gasteiger partial charge in [-0.25, -0.2) is 0 Å². The number of aromatic nitrogens is 2. The molecule has 1 atom stereocenters. The van der Waals surface area contributed by atoms with Crippen molar-refractivity contribution in [2.24, 2.45) is 0 Å². The quantitative estimate of drug-likeness (QED) is 0.805. The van der Waals surface area contributed by atoms with Gasteiger partial charge in [-0.05, 0) is 37.8 Å². The lowest BCUT2D eigenvalue weighted by Gasteiger charge is -2.36. The lowest BCUT2D eigenvalue weighted by atomic mass is 9.75. The van der Waals surface area contributed by atoms with E-state index in [-0.39, 0.29) is 29.7 Å². The molecule has 0 spiro atoms. The average Bonchev–Trinajstić information content (AvgIpc) is 3.19. The summed E-state index contributed by atoms with van der Waals surface area (Å²) >= 11 is 0. The number of carbonyl (C=O) groups is 1. The molecule has 1 fully saturated rings. The lowest BCUT2D eigenvalue weighted by Crippen LogP contribution is -2.47. The van der Waals surface area contributed by atoms with Crippen molar-refractivity contribution in [2.75, 3.05) is 7.05 Å². The largest absolute Gasteiger partial charge is 0.501 e. The fourth-order valence-corrected chi connectivity index (χ4v) is 5.07. The molecule has 0 radical (unpaired) electrons. The van der Waals surface area contributed by atoms with Crippen molar-refractivity contribution in [1.82, 2.24) is 14.5 Å². The molecule has 1 amide bonds. The molecule has 0 saturated heterocycles. The van der Waals surface area contributed by atoms with Crippen molar-refractivity contribution in [1.29, 1.82) is 0 Å². The Morgan fingerprint density at radius 2 is 1.90 bits per heavy atom. The van der Waals surface area contributed by atoms with E-state index in [0.717, 1.165) is 42.4 Å². The summed E-state index contributed by atoms with van der Waals surface area (Å²) in [6.45, 7) is 4.43. The number of carbonyl (C=O) groups excluding carboxylic acids is 1. The second-order valence-electron chi connectivity index (χ2n) is 8.94. The first kappa shape index (κ1) is 20.6. The van der Waals surface area contributed by atoms with Crippen LogP contribution < -0.4 is 5.56 Å². The highest BCUT2D eigenvalue weighted by Gasteiger charge is 2.40. The first-order valence-electron chi connectivity index (χ1n) is 10.6. The topological polar surface area (TPSA) is 95.7 Å². The van der Waals surface area contributed by atoms with Crippen LogP contribution in [-0.2, 0) is 25.0 Å². The summed E-state index contributed by atoms with van der Waals surface area (Å²) in [6, 6.07) is 6.12. The van der Waals surface area contributed by atoms with Crippen LogP contribution >= 0.6 is 0 Å². The minimum Gasteiger partial charge on any atom is -0.501 e. The second kappa shape index (κ2) is 7.54. The van der Waals surface area contributed by atoms with E-state index >= 15 is 0 Å². The predicted molar refractivity (Wildman–Crippen MR) is 113 cm³/mol. The molecule has 160 valence electrons. The molecule has 7 nitrogen and oxygen atoms in total. The van der Waals surface area contributed by atoms with E-state index in [0.29, 0.717) is 18.8 Å². The molecule has 4 rings (SSSR count). The van der Waals surface area contributed by atoms with E-state index < -0.39 is 11.3 Å². The maximum Gasteiger partial charge on any atom is 0.315 e. The first-order chi connectivity index (χ1) is 14.3. The molecule has 1 saturated carbocycles. The fourth-order valence-electron chi connectivity index (χ4n) is 5.07. The van der Waals surface area contributed by atoms with E-state index in [9.17, 15) is 19.8 Å². The number of hydrogen-bond acceptors (Lipinski definition) is 5. The lowest BCUT2D eigenvalue weighted by molar-refractivity contribution is 0.0660. The third-order valence-electron chi connectivity index (χ3n) is 6.86. The summed E-state index contributed by atoms with van der Waals surface area (Å²) in [6.07, 6.45) is 4.59. The van der Waals surface area contributed by atoms with Gasteiger partial charge in [0.15, 0.2) is 5.69 Å². The highest BCUT2D eigenvalue weighted by atomic mass is 16.3. The number of rotatable bonds is 4. The van der Waals surface area contributed by atoms with Crippen molar-refractivity contribution in [2.45, 2.75) is 70.6 Å². The van der Waals surface area contributed by atoms with Crippen molar-refractivity contribution in [3.05, 3.63) is 56.8 Å². The number of hydrogen-bond donors (Lipinski definition) is 2. The van der Waals surface area contributed by atoms with Crippen LogP contribution in [0.4, 0.5) is 0 Å². The van der Waals surface area contributed by atoms with Gasteiger partial charge in [0.2, 0.25) is 5.75 Å². The number of aromatic hydroxyl groups is 1. The minimum atomic E-state index is -0.749. The van der Waals surface area contributed by atoms with Crippen molar-refractivity contribution < 1.29 is 15.0 Å². The molecule has 2 heterocycles. The number of fused-ring (bicyclic) bond motifs is 1. The van der Waals surface area contributed by atoms with Gasteiger partial charge in [-0.3, -0.25) is 9.59 Å². The standard InChI is InChI=1S/C23H29N3O4/c1-14-8-16(13-27)10-17(9-14)23(6-4-5-7-23)11-18-24-21(29)20(28)19-22(30)25(3)15(2)12-26(18)19/h8-10,15,27-28H,4-7,11-13H2,1-3H3/t15-/m0/s1. The molecule has 2 aromatic rings. The molecule has 7 heteroatoms. The number of likely N-dealkylation sites (N-methyl/N-ethyl adjacent to an activating group) is 1. The Balaban J connectivity index is 1.85. The highest BCUT2D eigenvalue weighted by Crippen LogP contribution is 2.44. The predicted octanol–water partition coefficient (Wildman–Crippen LogP) is 2.28. The number of amides is 1. The minimum absolute atomic E-state index is 0.0184. The number of nitrogens with zero attached hydrogens (tertiary/aromatic N) is 3. The molecule has 2 N–H and O–H groups in total. The van der Waals surface area contributed by atoms with E-state index in [4.69, 9.17) is 0 Å². The van der Waals surface area contributed by atoms with Gasteiger partial charge in [-0.15, -0.1) is 0 Å². The zero-order valence-electron chi connectivity index (χ0n) is 17.8. The Kier molecular flexibility index (Phi) is 5.18. The van der Waals surface area contributed by atoms with E-state index in [1.165, 1.54) is 0 Å². The summed E-state index contributed by atoms with van der Waals surface area (Å²) in [7, 11) is 1.68. The van der Waals surface area contributed by atoms with Gasteiger partial charge >= 0.3 is 5.56 Å². The number of aliphatic hydroxyl groups excluding tert-OH is 1. The number of aryl methyl sites for hydroxylation is 1. The summed E-state index contributed by atoms with van der Waals surface area (Å²) < 4.78 is 1.74. The third-order valence-corrected chi connectivity index (χ3v) is 6.86. The Morgan fingerprint density at radius 1 is 1.20 bits per heavy atom. The van der Waals surface area contributed by atoms with Crippen LogP contribution in [0, 0.1) is 6.92 Å². The van der Waals surface area contributed by atoms with Gasteiger partial charge in [0.25, 0.3) is 5.91 Å². The van der Waals surface area contributed by atoms with Crippen LogP contribution in [-0.4, -0.2) is 43.7 Å². The van der Waals surface area contributed by atoms with Gasteiger partial charge < -0.3 is 19.7 Å². The van der Waals surface area contributed by atoms with Crippen LogP contribution in [0.25, 0.3) is 0 Å². The number of aliphatic hydroxyl groups is 1. The van der Waals surface area contributed by atoms with Gasteiger partial charge in [0.1, 0.15) is 5.82 Å². The molecule has 0 unspecified atom stereocenters. The van der Waals surface area contributed by atoms with E-state index in [1.54, 1.807) is 16.5 Å². The van der Waals surface area contributed by atoms with Crippen LogP contribution in [0.1, 0.15) is 65.6 Å². The third kappa shape index (κ3) is 3.31. The van der Waals surface area contributed by atoms with Gasteiger partial charge in [-0.1, -0.05) is 36.6 Å². The molecular formula is C23H29N3O4.